The fourth-order valence-electron chi connectivity index (χ4n) is 2.29. The third kappa shape index (κ3) is 3.48. The van der Waals surface area contributed by atoms with Crippen LogP contribution in [0.1, 0.15) is 11.6 Å². The number of benzene rings is 1. The first-order valence-corrected chi connectivity index (χ1v) is 7.53. The molecule has 0 aromatic heterocycles. The third-order valence-corrected chi connectivity index (χ3v) is 4.18. The van der Waals surface area contributed by atoms with Gasteiger partial charge in [0.15, 0.2) is 0 Å². The number of rotatable bonds is 3. The number of hydrogen-bond donors (Lipinski definition) is 0. The second-order valence-electron chi connectivity index (χ2n) is 4.86. The van der Waals surface area contributed by atoms with Gasteiger partial charge in [-0.15, -0.1) is 0 Å². The fraction of sp³-hybridized carbons (Fsp3) is 0.500. The van der Waals surface area contributed by atoms with Crippen LogP contribution in [0, 0.1) is 5.82 Å². The highest BCUT2D eigenvalue weighted by Gasteiger charge is 2.28. The monoisotopic (exact) mass is 282 g/mol. The van der Waals surface area contributed by atoms with Crippen LogP contribution in [0.4, 0.5) is 4.39 Å². The summed E-state index contributed by atoms with van der Waals surface area (Å²) in [5.41, 5.74) is 0.716. The van der Waals surface area contributed by atoms with Crippen molar-refractivity contribution in [2.75, 3.05) is 38.7 Å². The molecule has 1 aliphatic rings. The predicted octanol–water partition coefficient (Wildman–Crippen LogP) is 2.00. The van der Waals surface area contributed by atoms with Crippen LogP contribution in [0.3, 0.4) is 0 Å². The lowest BCUT2D eigenvalue weighted by Gasteiger charge is -2.33. The van der Waals surface area contributed by atoms with Gasteiger partial charge in [-0.3, -0.25) is 9.69 Å². The Kier molecular flexibility index (Phi) is 4.82. The molecule has 19 heavy (non-hydrogen) atoms. The van der Waals surface area contributed by atoms with E-state index in [0.717, 1.165) is 24.6 Å². The Balaban J connectivity index is 2.22. The van der Waals surface area contributed by atoms with Gasteiger partial charge >= 0.3 is 0 Å². The van der Waals surface area contributed by atoms with Crippen LogP contribution in [0.15, 0.2) is 24.3 Å². The molecule has 1 aliphatic heterocycles. The number of amides is 1. The molecule has 0 aliphatic carbocycles. The number of carbonyl (C=O) groups is 1. The molecular formula is C14H19FN2OS. The van der Waals surface area contributed by atoms with E-state index in [9.17, 15) is 9.18 Å². The summed E-state index contributed by atoms with van der Waals surface area (Å²) in [6, 6.07) is 5.91. The molecule has 0 bridgehead atoms. The molecule has 0 spiro atoms. The zero-order valence-electron chi connectivity index (χ0n) is 11.3. The van der Waals surface area contributed by atoms with Crippen LogP contribution in [0.5, 0.6) is 0 Å². The summed E-state index contributed by atoms with van der Waals surface area (Å²) in [4.78, 5) is 16.3. The number of halogens is 1. The Morgan fingerprint density at radius 2 is 2.05 bits per heavy atom. The lowest BCUT2D eigenvalue weighted by atomic mass is 10.0. The van der Waals surface area contributed by atoms with Crippen molar-refractivity contribution in [3.05, 3.63) is 35.6 Å². The van der Waals surface area contributed by atoms with Crippen LogP contribution in [0.2, 0.25) is 0 Å². The van der Waals surface area contributed by atoms with Gasteiger partial charge in [0.05, 0.1) is 0 Å². The Labute approximate surface area is 117 Å². The smallest absolute Gasteiger partial charge is 0.244 e. The topological polar surface area (TPSA) is 23.6 Å². The number of thioether (sulfide) groups is 1. The molecule has 0 radical (unpaired) electrons. The number of carbonyl (C=O) groups excluding carboxylic acids is 1. The zero-order chi connectivity index (χ0) is 13.8. The molecule has 1 saturated heterocycles. The van der Waals surface area contributed by atoms with E-state index in [1.807, 2.05) is 41.7 Å². The van der Waals surface area contributed by atoms with Crippen LogP contribution < -0.4 is 0 Å². The minimum Gasteiger partial charge on any atom is -0.339 e. The maximum atomic E-state index is 13.3. The normalized spacial score (nSPS) is 17.6. The fourth-order valence-corrected chi connectivity index (χ4v) is 3.20. The van der Waals surface area contributed by atoms with Gasteiger partial charge in [-0.05, 0) is 31.8 Å². The highest BCUT2D eigenvalue weighted by atomic mass is 32.2. The molecule has 5 heteroatoms. The number of nitrogens with zero attached hydrogens (tertiary/aromatic N) is 2. The Bertz CT molecular complexity index is 447. The average Bonchev–Trinajstić information content (AvgIpc) is 2.39. The Morgan fingerprint density at radius 1 is 1.37 bits per heavy atom. The van der Waals surface area contributed by atoms with Crippen molar-refractivity contribution in [1.29, 1.82) is 0 Å². The SMILES string of the molecule is CN(C)[C@H](C(=O)N1CCSCC1)c1cccc(F)c1. The molecule has 2 rings (SSSR count). The molecule has 1 aromatic carbocycles. The molecule has 1 atom stereocenters. The first kappa shape index (κ1) is 14.3. The van der Waals surface area contributed by atoms with Crippen molar-refractivity contribution in [2.45, 2.75) is 6.04 Å². The van der Waals surface area contributed by atoms with Crippen molar-refractivity contribution in [3.63, 3.8) is 0 Å². The lowest BCUT2D eigenvalue weighted by Crippen LogP contribution is -2.44. The molecule has 3 nitrogen and oxygen atoms in total. The van der Waals surface area contributed by atoms with Gasteiger partial charge in [-0.25, -0.2) is 4.39 Å². The summed E-state index contributed by atoms with van der Waals surface area (Å²) in [5.74, 6) is 1.73. The van der Waals surface area contributed by atoms with Crippen LogP contribution in [-0.2, 0) is 4.79 Å². The van der Waals surface area contributed by atoms with E-state index >= 15 is 0 Å². The first-order chi connectivity index (χ1) is 9.09. The standard InChI is InChI=1S/C14H19FN2OS/c1-16(2)13(11-4-3-5-12(15)10-11)14(18)17-6-8-19-9-7-17/h3-5,10,13H,6-9H2,1-2H3/t13-/m0/s1. The minimum absolute atomic E-state index is 0.0656. The van der Waals surface area contributed by atoms with Crippen molar-refractivity contribution in [3.8, 4) is 0 Å². The molecule has 0 saturated carbocycles. The molecule has 0 N–H and O–H groups in total. The van der Waals surface area contributed by atoms with E-state index in [1.54, 1.807) is 6.07 Å². The highest BCUT2D eigenvalue weighted by Crippen LogP contribution is 2.23. The zero-order valence-corrected chi connectivity index (χ0v) is 12.1. The van der Waals surface area contributed by atoms with Crippen molar-refractivity contribution in [1.82, 2.24) is 9.80 Å². The lowest BCUT2D eigenvalue weighted by molar-refractivity contribution is -0.136. The first-order valence-electron chi connectivity index (χ1n) is 6.38. The molecule has 104 valence electrons. The van der Waals surface area contributed by atoms with Crippen LogP contribution in [-0.4, -0.2) is 54.4 Å². The highest BCUT2D eigenvalue weighted by molar-refractivity contribution is 7.99. The quantitative estimate of drug-likeness (QED) is 0.847. The summed E-state index contributed by atoms with van der Waals surface area (Å²) in [7, 11) is 3.71. The van der Waals surface area contributed by atoms with Crippen molar-refractivity contribution < 1.29 is 9.18 Å². The van der Waals surface area contributed by atoms with Gasteiger partial charge in [0.1, 0.15) is 11.9 Å². The average molecular weight is 282 g/mol. The van der Waals surface area contributed by atoms with E-state index in [0.29, 0.717) is 5.56 Å². The summed E-state index contributed by atoms with van der Waals surface area (Å²) >= 11 is 1.87. The summed E-state index contributed by atoms with van der Waals surface area (Å²) < 4.78 is 13.3. The second-order valence-corrected chi connectivity index (χ2v) is 6.08. The van der Waals surface area contributed by atoms with Gasteiger partial charge < -0.3 is 4.90 Å². The summed E-state index contributed by atoms with van der Waals surface area (Å²) in [5, 5.41) is 0. The van der Waals surface area contributed by atoms with Gasteiger partial charge in [-0.1, -0.05) is 12.1 Å². The van der Waals surface area contributed by atoms with Crippen molar-refractivity contribution in [2.24, 2.45) is 0 Å². The number of likely N-dealkylation sites (N-methyl/N-ethyl adjacent to an activating group) is 1. The molecule has 1 amide bonds. The second kappa shape index (κ2) is 6.39. The maximum Gasteiger partial charge on any atom is 0.244 e. The summed E-state index contributed by atoms with van der Waals surface area (Å²) in [6.45, 7) is 1.56. The molecule has 1 aromatic rings. The maximum absolute atomic E-state index is 13.3. The van der Waals surface area contributed by atoms with Gasteiger partial charge in [0.25, 0.3) is 0 Å². The largest absolute Gasteiger partial charge is 0.339 e. The number of hydrogen-bond acceptors (Lipinski definition) is 3. The molecule has 1 fully saturated rings. The molecular weight excluding hydrogens is 263 g/mol. The predicted molar refractivity (Wildman–Crippen MR) is 76.7 cm³/mol. The van der Waals surface area contributed by atoms with Gasteiger partial charge in [0.2, 0.25) is 5.91 Å². The molecule has 1 heterocycles. The Hall–Kier alpha value is -1.07. The Morgan fingerprint density at radius 3 is 2.63 bits per heavy atom. The minimum atomic E-state index is -0.404. The van der Waals surface area contributed by atoms with Gasteiger partial charge in [0, 0.05) is 24.6 Å². The molecule has 0 unspecified atom stereocenters. The van der Waals surface area contributed by atoms with E-state index < -0.39 is 6.04 Å². The van der Waals surface area contributed by atoms with Crippen molar-refractivity contribution >= 4 is 17.7 Å². The van der Waals surface area contributed by atoms with E-state index in [4.69, 9.17) is 0 Å². The van der Waals surface area contributed by atoms with Crippen LogP contribution in [0.25, 0.3) is 0 Å². The summed E-state index contributed by atoms with van der Waals surface area (Å²) in [6.07, 6.45) is 0. The van der Waals surface area contributed by atoms with Crippen LogP contribution >= 0.6 is 11.8 Å². The van der Waals surface area contributed by atoms with E-state index in [2.05, 4.69) is 0 Å². The van der Waals surface area contributed by atoms with Gasteiger partial charge in [-0.2, -0.15) is 11.8 Å². The van der Waals surface area contributed by atoms with E-state index in [-0.39, 0.29) is 11.7 Å². The van der Waals surface area contributed by atoms with E-state index in [1.165, 1.54) is 12.1 Å². The third-order valence-electron chi connectivity index (χ3n) is 3.24.